The van der Waals surface area contributed by atoms with E-state index in [2.05, 4.69) is 20.7 Å². The lowest BCUT2D eigenvalue weighted by atomic mass is 10.3. The molecule has 0 aliphatic rings. The Bertz CT molecular complexity index is 317. The van der Waals surface area contributed by atoms with E-state index in [0.717, 1.165) is 12.1 Å². The first-order valence-corrected chi connectivity index (χ1v) is 3.93. The van der Waals surface area contributed by atoms with E-state index in [1.54, 1.807) is 0 Å². The fourth-order valence-corrected chi connectivity index (χ4v) is 1.14. The van der Waals surface area contributed by atoms with E-state index in [-0.39, 0.29) is 4.47 Å². The molecule has 0 saturated heterocycles. The predicted molar refractivity (Wildman–Crippen MR) is 42.4 cm³/mol. The normalized spacial score (nSPS) is 10.5. The Morgan fingerprint density at radius 3 is 2.54 bits per heavy atom. The standard InChI is InChI=1S/C7H4BrF3O2/c8-3-1-2-4(9)5(12)6(3)13-7(10)11/h1-2,7,12H. The first kappa shape index (κ1) is 10.2. The summed E-state index contributed by atoms with van der Waals surface area (Å²) in [6, 6.07) is 2.09. The van der Waals surface area contributed by atoms with Gasteiger partial charge in [-0.15, -0.1) is 0 Å². The molecule has 0 aliphatic heterocycles. The highest BCUT2D eigenvalue weighted by Crippen LogP contribution is 2.37. The average Bonchev–Trinajstić information content (AvgIpc) is 2.05. The third kappa shape index (κ3) is 2.27. The zero-order valence-corrected chi connectivity index (χ0v) is 7.69. The molecule has 0 unspecified atom stereocenters. The van der Waals surface area contributed by atoms with Gasteiger partial charge in [0.2, 0.25) is 0 Å². The molecule has 13 heavy (non-hydrogen) atoms. The number of aromatic hydroxyl groups is 1. The minimum Gasteiger partial charge on any atom is -0.502 e. The number of halogens is 4. The molecule has 0 aliphatic carbocycles. The van der Waals surface area contributed by atoms with Crippen molar-refractivity contribution in [2.24, 2.45) is 0 Å². The molecule has 0 spiro atoms. The van der Waals surface area contributed by atoms with E-state index in [1.165, 1.54) is 0 Å². The maximum atomic E-state index is 12.6. The van der Waals surface area contributed by atoms with Gasteiger partial charge < -0.3 is 9.84 Å². The largest absolute Gasteiger partial charge is 0.502 e. The quantitative estimate of drug-likeness (QED) is 0.882. The van der Waals surface area contributed by atoms with Crippen molar-refractivity contribution in [2.45, 2.75) is 6.61 Å². The van der Waals surface area contributed by atoms with E-state index in [4.69, 9.17) is 5.11 Å². The van der Waals surface area contributed by atoms with E-state index in [1.807, 2.05) is 0 Å². The SMILES string of the molecule is Oc1c(F)ccc(Br)c1OC(F)F. The Hall–Kier alpha value is -0.910. The number of alkyl halides is 2. The minimum atomic E-state index is -3.11. The second kappa shape index (κ2) is 3.87. The van der Waals surface area contributed by atoms with Crippen LogP contribution in [0.15, 0.2) is 16.6 Å². The highest BCUT2D eigenvalue weighted by Gasteiger charge is 2.16. The molecular weight excluding hydrogens is 253 g/mol. The second-order valence-corrected chi connectivity index (χ2v) is 2.94. The molecule has 0 radical (unpaired) electrons. The van der Waals surface area contributed by atoms with Crippen molar-refractivity contribution in [1.82, 2.24) is 0 Å². The number of benzene rings is 1. The number of hydrogen-bond acceptors (Lipinski definition) is 2. The van der Waals surface area contributed by atoms with Crippen LogP contribution in [0.4, 0.5) is 13.2 Å². The topological polar surface area (TPSA) is 29.5 Å². The summed E-state index contributed by atoms with van der Waals surface area (Å²) < 4.78 is 40.0. The molecular formula is C7H4BrF3O2. The van der Waals surface area contributed by atoms with Crippen molar-refractivity contribution < 1.29 is 23.0 Å². The van der Waals surface area contributed by atoms with Crippen LogP contribution >= 0.6 is 15.9 Å². The van der Waals surface area contributed by atoms with E-state index in [9.17, 15) is 13.2 Å². The smallest absolute Gasteiger partial charge is 0.387 e. The van der Waals surface area contributed by atoms with Crippen LogP contribution in [-0.2, 0) is 0 Å². The monoisotopic (exact) mass is 256 g/mol. The zero-order chi connectivity index (χ0) is 10.0. The number of rotatable bonds is 2. The summed E-state index contributed by atoms with van der Waals surface area (Å²) in [5.41, 5.74) is 0. The van der Waals surface area contributed by atoms with E-state index in [0.29, 0.717) is 0 Å². The van der Waals surface area contributed by atoms with Gasteiger partial charge in [0.05, 0.1) is 4.47 Å². The molecule has 1 aromatic carbocycles. The molecule has 1 N–H and O–H groups in total. The predicted octanol–water partition coefficient (Wildman–Crippen LogP) is 2.90. The van der Waals surface area contributed by atoms with Gasteiger partial charge in [-0.2, -0.15) is 8.78 Å². The van der Waals surface area contributed by atoms with Crippen LogP contribution in [0.1, 0.15) is 0 Å². The molecule has 72 valence electrons. The van der Waals surface area contributed by atoms with Crippen LogP contribution in [0, 0.1) is 5.82 Å². The summed E-state index contributed by atoms with van der Waals surface area (Å²) in [7, 11) is 0. The number of ether oxygens (including phenoxy) is 1. The average molecular weight is 257 g/mol. The Morgan fingerprint density at radius 2 is 2.00 bits per heavy atom. The summed E-state index contributed by atoms with van der Waals surface area (Å²) >= 11 is 2.82. The van der Waals surface area contributed by atoms with Crippen LogP contribution in [0.25, 0.3) is 0 Å². The van der Waals surface area contributed by atoms with Gasteiger partial charge in [0.25, 0.3) is 0 Å². The molecule has 1 rings (SSSR count). The maximum Gasteiger partial charge on any atom is 0.387 e. The van der Waals surface area contributed by atoms with Gasteiger partial charge in [-0.25, -0.2) is 4.39 Å². The number of hydrogen-bond donors (Lipinski definition) is 1. The third-order valence-corrected chi connectivity index (χ3v) is 1.87. The lowest BCUT2D eigenvalue weighted by molar-refractivity contribution is -0.0520. The molecule has 0 saturated carbocycles. The van der Waals surface area contributed by atoms with Crippen LogP contribution < -0.4 is 4.74 Å². The van der Waals surface area contributed by atoms with Crippen molar-refractivity contribution in [3.63, 3.8) is 0 Å². The van der Waals surface area contributed by atoms with Gasteiger partial charge in [-0.1, -0.05) is 0 Å². The fourth-order valence-electron chi connectivity index (χ4n) is 0.724. The molecule has 1 aromatic rings. The summed E-state index contributed by atoms with van der Waals surface area (Å²) in [5.74, 6) is -2.55. The van der Waals surface area contributed by atoms with Crippen LogP contribution in [0.2, 0.25) is 0 Å². The first-order chi connectivity index (χ1) is 6.02. The Labute approximate surface area is 80.1 Å². The molecule has 0 heterocycles. The third-order valence-electron chi connectivity index (χ3n) is 1.24. The molecule has 0 fully saturated rings. The molecule has 0 aromatic heterocycles. The fraction of sp³-hybridized carbons (Fsp3) is 0.143. The van der Waals surface area contributed by atoms with Crippen molar-refractivity contribution in [1.29, 1.82) is 0 Å². The second-order valence-electron chi connectivity index (χ2n) is 2.09. The lowest BCUT2D eigenvalue weighted by Crippen LogP contribution is -2.03. The number of phenols is 1. The van der Waals surface area contributed by atoms with Crippen LogP contribution in [0.5, 0.6) is 11.5 Å². The van der Waals surface area contributed by atoms with Gasteiger partial charge in [0, 0.05) is 0 Å². The molecule has 0 atom stereocenters. The molecule has 2 nitrogen and oxygen atoms in total. The van der Waals surface area contributed by atoms with Crippen molar-refractivity contribution in [3.8, 4) is 11.5 Å². The first-order valence-electron chi connectivity index (χ1n) is 3.14. The highest BCUT2D eigenvalue weighted by molar-refractivity contribution is 9.10. The van der Waals surface area contributed by atoms with Gasteiger partial charge in [0.15, 0.2) is 17.3 Å². The number of phenolic OH excluding ortho intramolecular Hbond substituents is 1. The van der Waals surface area contributed by atoms with Crippen molar-refractivity contribution in [2.75, 3.05) is 0 Å². The Balaban J connectivity index is 3.10. The minimum absolute atomic E-state index is 0.0618. The molecule has 0 bridgehead atoms. The summed E-state index contributed by atoms with van der Waals surface area (Å²) in [5, 5.41) is 8.96. The zero-order valence-electron chi connectivity index (χ0n) is 6.10. The maximum absolute atomic E-state index is 12.6. The Morgan fingerprint density at radius 1 is 1.38 bits per heavy atom. The van der Waals surface area contributed by atoms with Gasteiger partial charge >= 0.3 is 6.61 Å². The lowest BCUT2D eigenvalue weighted by Gasteiger charge is -2.08. The van der Waals surface area contributed by atoms with Gasteiger partial charge in [0.1, 0.15) is 0 Å². The van der Waals surface area contributed by atoms with Crippen molar-refractivity contribution in [3.05, 3.63) is 22.4 Å². The van der Waals surface area contributed by atoms with E-state index < -0.39 is 23.9 Å². The van der Waals surface area contributed by atoms with Crippen molar-refractivity contribution >= 4 is 15.9 Å². The van der Waals surface area contributed by atoms with Crippen LogP contribution in [-0.4, -0.2) is 11.7 Å². The van der Waals surface area contributed by atoms with E-state index >= 15 is 0 Å². The van der Waals surface area contributed by atoms with Crippen LogP contribution in [0.3, 0.4) is 0 Å². The Kier molecular flexibility index (Phi) is 3.02. The molecule has 6 heteroatoms. The highest BCUT2D eigenvalue weighted by atomic mass is 79.9. The summed E-state index contributed by atoms with van der Waals surface area (Å²) in [6.07, 6.45) is 0. The summed E-state index contributed by atoms with van der Waals surface area (Å²) in [6.45, 7) is -3.11. The van der Waals surface area contributed by atoms with Gasteiger partial charge in [-0.3, -0.25) is 0 Å². The summed E-state index contributed by atoms with van der Waals surface area (Å²) in [4.78, 5) is 0. The molecule has 0 amide bonds. The van der Waals surface area contributed by atoms with Gasteiger partial charge in [-0.05, 0) is 28.1 Å².